The van der Waals surface area contributed by atoms with Crippen molar-refractivity contribution in [2.75, 3.05) is 9.80 Å². The van der Waals surface area contributed by atoms with Gasteiger partial charge in [-0.1, -0.05) is 147 Å². The lowest BCUT2D eigenvalue weighted by molar-refractivity contribution is 0.488. The standard InChI is InChI=1S/C55H40N2O/c1-55(2)49-24-13-12-22-45(49)47-35-44(30-32-50(47)55)57(42-28-25-38(26-29-42)37-15-6-3-7-16-37)51-33-27-39-17-14-23-46-48-36-43(31-34-52(48)58-54(51)53(39)46)56(40-18-8-4-9-19-40)41-20-10-5-11-21-41/h3-36H,1-2H3. The van der Waals surface area contributed by atoms with Crippen LogP contribution in [0, 0.1) is 0 Å². The van der Waals surface area contributed by atoms with Gasteiger partial charge in [0.15, 0.2) is 5.75 Å². The van der Waals surface area contributed by atoms with Gasteiger partial charge in [0.25, 0.3) is 0 Å². The molecule has 58 heavy (non-hydrogen) atoms. The van der Waals surface area contributed by atoms with E-state index in [0.29, 0.717) is 0 Å². The van der Waals surface area contributed by atoms with Crippen molar-refractivity contribution in [3.8, 4) is 44.9 Å². The number of para-hydroxylation sites is 2. The Hall–Kier alpha value is -7.36. The summed E-state index contributed by atoms with van der Waals surface area (Å²) >= 11 is 0. The zero-order chi connectivity index (χ0) is 38.8. The molecule has 11 rings (SSSR count). The van der Waals surface area contributed by atoms with Gasteiger partial charge in [0.1, 0.15) is 5.75 Å². The summed E-state index contributed by atoms with van der Waals surface area (Å²) in [5.41, 5.74) is 16.2. The zero-order valence-corrected chi connectivity index (χ0v) is 32.4. The molecule has 0 unspecified atom stereocenters. The number of hydrogen-bond donors (Lipinski definition) is 0. The van der Waals surface area contributed by atoms with Crippen LogP contribution >= 0.6 is 0 Å². The van der Waals surface area contributed by atoms with Gasteiger partial charge in [-0.2, -0.15) is 0 Å². The second-order valence-corrected chi connectivity index (χ2v) is 15.8. The van der Waals surface area contributed by atoms with E-state index in [-0.39, 0.29) is 5.41 Å². The second kappa shape index (κ2) is 13.4. The molecule has 1 aliphatic heterocycles. The van der Waals surface area contributed by atoms with Gasteiger partial charge in [-0.15, -0.1) is 0 Å². The summed E-state index contributed by atoms with van der Waals surface area (Å²) in [6.45, 7) is 4.67. The Labute approximate surface area is 339 Å². The van der Waals surface area contributed by atoms with Crippen LogP contribution in [0.3, 0.4) is 0 Å². The Morgan fingerprint density at radius 2 is 0.931 bits per heavy atom. The summed E-state index contributed by atoms with van der Waals surface area (Å²) in [6, 6.07) is 74.1. The van der Waals surface area contributed by atoms with Crippen molar-refractivity contribution in [3.05, 3.63) is 217 Å². The van der Waals surface area contributed by atoms with Crippen LogP contribution in [-0.4, -0.2) is 0 Å². The molecule has 3 heteroatoms. The van der Waals surface area contributed by atoms with Crippen molar-refractivity contribution in [2.24, 2.45) is 0 Å². The minimum absolute atomic E-state index is 0.0846. The van der Waals surface area contributed by atoms with Crippen LogP contribution in [-0.2, 0) is 5.41 Å². The van der Waals surface area contributed by atoms with Crippen LogP contribution in [0.15, 0.2) is 206 Å². The Balaban J connectivity index is 1.10. The van der Waals surface area contributed by atoms with E-state index in [1.807, 2.05) is 0 Å². The smallest absolute Gasteiger partial charge is 0.159 e. The van der Waals surface area contributed by atoms with Crippen LogP contribution < -0.4 is 14.5 Å². The molecule has 276 valence electrons. The third-order valence-corrected chi connectivity index (χ3v) is 12.0. The molecule has 0 saturated heterocycles. The first-order chi connectivity index (χ1) is 28.5. The summed E-state index contributed by atoms with van der Waals surface area (Å²) in [5, 5.41) is 2.24. The Morgan fingerprint density at radius 1 is 0.379 bits per heavy atom. The molecule has 2 aliphatic rings. The lowest BCUT2D eigenvalue weighted by Crippen LogP contribution is -2.16. The van der Waals surface area contributed by atoms with E-state index in [1.165, 1.54) is 33.4 Å². The van der Waals surface area contributed by atoms with Crippen LogP contribution in [0.25, 0.3) is 44.2 Å². The molecular weight excluding hydrogens is 705 g/mol. The van der Waals surface area contributed by atoms with Gasteiger partial charge in [0, 0.05) is 44.8 Å². The third-order valence-electron chi connectivity index (χ3n) is 12.0. The quantitative estimate of drug-likeness (QED) is 0.162. The van der Waals surface area contributed by atoms with Gasteiger partial charge in [-0.3, -0.25) is 0 Å². The third kappa shape index (κ3) is 5.43. The van der Waals surface area contributed by atoms with E-state index in [1.54, 1.807) is 0 Å². The molecular formula is C55H40N2O. The molecule has 0 saturated carbocycles. The maximum absolute atomic E-state index is 7.17. The number of benzene rings is 9. The molecule has 9 aromatic carbocycles. The molecule has 0 N–H and O–H groups in total. The highest BCUT2D eigenvalue weighted by molar-refractivity contribution is 6.09. The van der Waals surface area contributed by atoms with Crippen molar-refractivity contribution in [1.82, 2.24) is 0 Å². The first-order valence-electron chi connectivity index (χ1n) is 20.0. The lowest BCUT2D eigenvalue weighted by atomic mass is 9.82. The fraction of sp³-hybridized carbons (Fsp3) is 0.0545. The van der Waals surface area contributed by atoms with Gasteiger partial charge < -0.3 is 14.5 Å². The molecule has 9 aromatic rings. The Kier molecular flexibility index (Phi) is 7.84. The minimum atomic E-state index is -0.0846. The molecule has 3 nitrogen and oxygen atoms in total. The summed E-state index contributed by atoms with van der Waals surface area (Å²) in [4.78, 5) is 4.68. The van der Waals surface area contributed by atoms with Crippen LogP contribution in [0.4, 0.5) is 34.1 Å². The maximum atomic E-state index is 7.17. The second-order valence-electron chi connectivity index (χ2n) is 15.8. The van der Waals surface area contributed by atoms with Crippen LogP contribution in [0.2, 0.25) is 0 Å². The SMILES string of the molecule is CC1(C)c2ccccc2-c2cc(N(c3ccc(-c4ccccc4)cc3)c3ccc4cccc5c4c3Oc3ccc(N(c4ccccc4)c4ccccc4)cc3-5)ccc21. The minimum Gasteiger partial charge on any atom is -0.454 e. The molecule has 0 aromatic heterocycles. The van der Waals surface area contributed by atoms with E-state index >= 15 is 0 Å². The predicted octanol–water partition coefficient (Wildman–Crippen LogP) is 15.5. The predicted molar refractivity (Wildman–Crippen MR) is 242 cm³/mol. The van der Waals surface area contributed by atoms with E-state index in [0.717, 1.165) is 67.5 Å². The van der Waals surface area contributed by atoms with E-state index < -0.39 is 0 Å². The summed E-state index contributed by atoms with van der Waals surface area (Å²) in [6.07, 6.45) is 0. The number of hydrogen-bond acceptors (Lipinski definition) is 3. The summed E-state index contributed by atoms with van der Waals surface area (Å²) in [7, 11) is 0. The van der Waals surface area contributed by atoms with E-state index in [2.05, 4.69) is 230 Å². The van der Waals surface area contributed by atoms with E-state index in [4.69, 9.17) is 4.74 Å². The molecule has 0 spiro atoms. The zero-order valence-electron chi connectivity index (χ0n) is 32.4. The molecule has 1 heterocycles. The molecule has 0 amide bonds. The molecule has 1 aliphatic carbocycles. The van der Waals surface area contributed by atoms with Crippen LogP contribution in [0.1, 0.15) is 25.0 Å². The van der Waals surface area contributed by atoms with Crippen molar-refractivity contribution >= 4 is 44.9 Å². The Morgan fingerprint density at radius 3 is 1.67 bits per heavy atom. The van der Waals surface area contributed by atoms with Crippen molar-refractivity contribution in [1.29, 1.82) is 0 Å². The van der Waals surface area contributed by atoms with Gasteiger partial charge in [-0.05, 0) is 117 Å². The number of fused-ring (bicyclic) bond motifs is 5. The average Bonchev–Trinajstić information content (AvgIpc) is 3.51. The van der Waals surface area contributed by atoms with Gasteiger partial charge >= 0.3 is 0 Å². The van der Waals surface area contributed by atoms with Gasteiger partial charge in [0.05, 0.1) is 5.69 Å². The molecule has 0 atom stereocenters. The highest BCUT2D eigenvalue weighted by Crippen LogP contribution is 2.56. The average molecular weight is 745 g/mol. The summed E-state index contributed by atoms with van der Waals surface area (Å²) in [5.74, 6) is 1.69. The van der Waals surface area contributed by atoms with Crippen molar-refractivity contribution in [3.63, 3.8) is 0 Å². The summed E-state index contributed by atoms with van der Waals surface area (Å²) < 4.78 is 7.17. The maximum Gasteiger partial charge on any atom is 0.159 e. The number of ether oxygens (including phenoxy) is 1. The monoisotopic (exact) mass is 744 g/mol. The Bertz CT molecular complexity index is 2950. The lowest BCUT2D eigenvalue weighted by Gasteiger charge is -2.32. The first-order valence-corrected chi connectivity index (χ1v) is 20.0. The normalized spacial score (nSPS) is 12.9. The van der Waals surface area contributed by atoms with Crippen LogP contribution in [0.5, 0.6) is 11.5 Å². The molecule has 0 radical (unpaired) electrons. The van der Waals surface area contributed by atoms with Crippen molar-refractivity contribution in [2.45, 2.75) is 19.3 Å². The topological polar surface area (TPSA) is 15.7 Å². The molecule has 0 fully saturated rings. The number of rotatable bonds is 7. The van der Waals surface area contributed by atoms with Crippen molar-refractivity contribution < 1.29 is 4.74 Å². The van der Waals surface area contributed by atoms with E-state index in [9.17, 15) is 0 Å². The van der Waals surface area contributed by atoms with Gasteiger partial charge in [0.2, 0.25) is 0 Å². The number of anilines is 6. The highest BCUT2D eigenvalue weighted by Gasteiger charge is 2.36. The first kappa shape index (κ1) is 33.9. The molecule has 0 bridgehead atoms. The highest BCUT2D eigenvalue weighted by atomic mass is 16.5. The fourth-order valence-electron chi connectivity index (χ4n) is 9.21. The fourth-order valence-corrected chi connectivity index (χ4v) is 9.21. The van der Waals surface area contributed by atoms with Gasteiger partial charge in [-0.25, -0.2) is 0 Å². The number of nitrogens with zero attached hydrogens (tertiary/aromatic N) is 2. The largest absolute Gasteiger partial charge is 0.454 e.